The van der Waals surface area contributed by atoms with Crippen molar-refractivity contribution in [2.45, 2.75) is 25.7 Å². The average molecular weight is 293 g/mol. The molecule has 0 atom stereocenters. The first-order valence-electron chi connectivity index (χ1n) is 6.47. The Morgan fingerprint density at radius 1 is 1.30 bits per heavy atom. The second-order valence-electron chi connectivity index (χ2n) is 4.51. The van der Waals surface area contributed by atoms with E-state index in [1.807, 2.05) is 0 Å². The van der Waals surface area contributed by atoms with Crippen molar-refractivity contribution in [1.29, 1.82) is 0 Å². The first kappa shape index (κ1) is 15.3. The van der Waals surface area contributed by atoms with E-state index < -0.39 is 12.0 Å². The van der Waals surface area contributed by atoms with Crippen molar-refractivity contribution in [3.63, 3.8) is 0 Å². The zero-order valence-corrected chi connectivity index (χ0v) is 11.3. The molecule has 0 saturated carbocycles. The molecule has 1 aliphatic heterocycles. The van der Waals surface area contributed by atoms with Gasteiger partial charge in [0.2, 0.25) is 5.82 Å². The largest absolute Gasteiger partial charge is 0.449 e. The first-order chi connectivity index (χ1) is 9.54. The highest BCUT2D eigenvalue weighted by molar-refractivity contribution is 5.21. The number of fused-ring (bicyclic) bond motifs is 1. The summed E-state index contributed by atoms with van der Waals surface area (Å²) in [4.78, 5) is 3.73. The Balaban J connectivity index is 2.10. The number of aromatic nitrogens is 2. The van der Waals surface area contributed by atoms with Crippen LogP contribution in [0.15, 0.2) is 0 Å². The normalized spacial score (nSPS) is 15.4. The van der Waals surface area contributed by atoms with E-state index in [2.05, 4.69) is 10.3 Å². The number of alkyl halides is 3. The van der Waals surface area contributed by atoms with Crippen molar-refractivity contribution in [1.82, 2.24) is 14.9 Å². The standard InChI is InChI=1S/C12H18F3N3O2/c1-19-6-7-20-5-4-18-10-2-3-16-8-9(10)17-11(18)12(13,14)15/h16H,2-8H2,1H3. The summed E-state index contributed by atoms with van der Waals surface area (Å²) in [5, 5.41) is 3.03. The third kappa shape index (κ3) is 3.50. The predicted octanol–water partition coefficient (Wildman–Crippen LogP) is 1.21. The number of imidazole rings is 1. The molecule has 1 aromatic heterocycles. The summed E-state index contributed by atoms with van der Waals surface area (Å²) < 4.78 is 50.3. The van der Waals surface area contributed by atoms with Gasteiger partial charge in [0.15, 0.2) is 0 Å². The second kappa shape index (κ2) is 6.55. The first-order valence-corrected chi connectivity index (χ1v) is 6.47. The summed E-state index contributed by atoms with van der Waals surface area (Å²) in [5.41, 5.74) is 1.15. The summed E-state index contributed by atoms with van der Waals surface area (Å²) in [6, 6.07) is 0. The van der Waals surface area contributed by atoms with Crippen LogP contribution in [0.3, 0.4) is 0 Å². The smallest absolute Gasteiger partial charge is 0.382 e. The number of rotatable bonds is 6. The molecule has 0 radical (unpaired) electrons. The van der Waals surface area contributed by atoms with Gasteiger partial charge in [0.25, 0.3) is 0 Å². The Labute approximate surface area is 115 Å². The van der Waals surface area contributed by atoms with Crippen LogP contribution in [0, 0.1) is 0 Å². The Hall–Kier alpha value is -1.12. The van der Waals surface area contributed by atoms with Gasteiger partial charge in [-0.2, -0.15) is 13.2 Å². The van der Waals surface area contributed by atoms with Gasteiger partial charge in [-0.25, -0.2) is 4.98 Å². The van der Waals surface area contributed by atoms with Crippen LogP contribution in [0.1, 0.15) is 17.2 Å². The monoisotopic (exact) mass is 293 g/mol. The fourth-order valence-corrected chi connectivity index (χ4v) is 2.23. The van der Waals surface area contributed by atoms with Gasteiger partial charge in [-0.15, -0.1) is 0 Å². The van der Waals surface area contributed by atoms with E-state index in [1.165, 1.54) is 4.57 Å². The fourth-order valence-electron chi connectivity index (χ4n) is 2.23. The lowest BCUT2D eigenvalue weighted by atomic mass is 10.2. The summed E-state index contributed by atoms with van der Waals surface area (Å²) in [7, 11) is 1.55. The molecule has 1 N–H and O–H groups in total. The van der Waals surface area contributed by atoms with Gasteiger partial charge in [0.05, 0.1) is 25.5 Å². The van der Waals surface area contributed by atoms with Crippen molar-refractivity contribution in [2.24, 2.45) is 0 Å². The van der Waals surface area contributed by atoms with Gasteiger partial charge >= 0.3 is 6.18 Å². The third-order valence-corrected chi connectivity index (χ3v) is 3.13. The second-order valence-corrected chi connectivity index (χ2v) is 4.51. The highest BCUT2D eigenvalue weighted by Crippen LogP contribution is 2.31. The highest BCUT2D eigenvalue weighted by atomic mass is 19.4. The Morgan fingerprint density at radius 3 is 2.80 bits per heavy atom. The topological polar surface area (TPSA) is 48.3 Å². The van der Waals surface area contributed by atoms with Gasteiger partial charge in [-0.3, -0.25) is 0 Å². The van der Waals surface area contributed by atoms with Gasteiger partial charge in [0, 0.05) is 38.9 Å². The third-order valence-electron chi connectivity index (χ3n) is 3.13. The number of halogens is 3. The lowest BCUT2D eigenvalue weighted by Crippen LogP contribution is -2.26. The molecule has 114 valence electrons. The molecule has 0 amide bonds. The van der Waals surface area contributed by atoms with Gasteiger partial charge in [0.1, 0.15) is 0 Å². The highest BCUT2D eigenvalue weighted by Gasteiger charge is 2.39. The van der Waals surface area contributed by atoms with Crippen LogP contribution in [-0.2, 0) is 35.2 Å². The van der Waals surface area contributed by atoms with Crippen LogP contribution in [0.2, 0.25) is 0 Å². The molecule has 0 spiro atoms. The maximum atomic E-state index is 13.0. The van der Waals surface area contributed by atoms with Crippen LogP contribution in [0.25, 0.3) is 0 Å². The summed E-state index contributed by atoms with van der Waals surface area (Å²) in [6.07, 6.45) is -3.89. The number of hydrogen-bond acceptors (Lipinski definition) is 4. The molecular formula is C12H18F3N3O2. The molecule has 20 heavy (non-hydrogen) atoms. The van der Waals surface area contributed by atoms with Gasteiger partial charge < -0.3 is 19.4 Å². The molecule has 1 aliphatic rings. The minimum Gasteiger partial charge on any atom is -0.382 e. The molecule has 0 unspecified atom stereocenters. The molecule has 2 rings (SSSR count). The van der Waals surface area contributed by atoms with E-state index in [0.29, 0.717) is 44.1 Å². The molecule has 2 heterocycles. The molecule has 8 heteroatoms. The number of ether oxygens (including phenoxy) is 2. The van der Waals surface area contributed by atoms with E-state index in [4.69, 9.17) is 9.47 Å². The average Bonchev–Trinajstić information content (AvgIpc) is 2.78. The van der Waals surface area contributed by atoms with Crippen LogP contribution in [0.5, 0.6) is 0 Å². The maximum Gasteiger partial charge on any atom is 0.449 e. The van der Waals surface area contributed by atoms with Gasteiger partial charge in [-0.05, 0) is 0 Å². The zero-order valence-electron chi connectivity index (χ0n) is 11.3. The number of methoxy groups -OCH3 is 1. The van der Waals surface area contributed by atoms with Crippen molar-refractivity contribution in [3.05, 3.63) is 17.2 Å². The van der Waals surface area contributed by atoms with E-state index in [1.54, 1.807) is 7.11 Å². The van der Waals surface area contributed by atoms with Crippen LogP contribution in [0.4, 0.5) is 13.2 Å². The lowest BCUT2D eigenvalue weighted by molar-refractivity contribution is -0.147. The van der Waals surface area contributed by atoms with Crippen molar-refractivity contribution in [3.8, 4) is 0 Å². The van der Waals surface area contributed by atoms with E-state index >= 15 is 0 Å². The summed E-state index contributed by atoms with van der Waals surface area (Å²) in [5.74, 6) is -0.832. The van der Waals surface area contributed by atoms with Gasteiger partial charge in [-0.1, -0.05) is 0 Å². The molecule has 0 aliphatic carbocycles. The van der Waals surface area contributed by atoms with E-state index in [-0.39, 0.29) is 13.2 Å². The van der Waals surface area contributed by atoms with Crippen LogP contribution >= 0.6 is 0 Å². The minimum absolute atomic E-state index is 0.154. The van der Waals surface area contributed by atoms with Crippen LogP contribution < -0.4 is 5.32 Å². The van der Waals surface area contributed by atoms with E-state index in [9.17, 15) is 13.2 Å². The Morgan fingerprint density at radius 2 is 2.10 bits per heavy atom. The molecule has 0 aromatic carbocycles. The molecule has 5 nitrogen and oxygen atoms in total. The molecule has 0 fully saturated rings. The Bertz CT molecular complexity index is 446. The predicted molar refractivity (Wildman–Crippen MR) is 65.3 cm³/mol. The molecule has 0 saturated heterocycles. The number of nitrogens with one attached hydrogen (secondary N) is 1. The van der Waals surface area contributed by atoms with Crippen molar-refractivity contribution >= 4 is 0 Å². The molecule has 1 aromatic rings. The van der Waals surface area contributed by atoms with E-state index in [0.717, 1.165) is 0 Å². The van der Waals surface area contributed by atoms with Crippen molar-refractivity contribution in [2.75, 3.05) is 33.5 Å². The molecular weight excluding hydrogens is 275 g/mol. The van der Waals surface area contributed by atoms with Crippen molar-refractivity contribution < 1.29 is 22.6 Å². The zero-order chi connectivity index (χ0) is 14.6. The SMILES string of the molecule is COCCOCCn1c(C(F)(F)F)nc2c1CCNC2. The molecule has 0 bridgehead atoms. The summed E-state index contributed by atoms with van der Waals surface area (Å²) >= 11 is 0. The number of hydrogen-bond donors (Lipinski definition) is 1. The van der Waals surface area contributed by atoms with Crippen LogP contribution in [-0.4, -0.2) is 43.0 Å². The number of nitrogens with zero attached hydrogens (tertiary/aromatic N) is 2. The lowest BCUT2D eigenvalue weighted by Gasteiger charge is -2.16. The fraction of sp³-hybridized carbons (Fsp3) is 0.750. The summed E-state index contributed by atoms with van der Waals surface area (Å²) in [6.45, 7) is 2.22. The maximum absolute atomic E-state index is 13.0. The minimum atomic E-state index is -4.44. The Kier molecular flexibility index (Phi) is 5.00. The quantitative estimate of drug-likeness (QED) is 0.801.